The Balaban J connectivity index is 4.54. The second-order valence-electron chi connectivity index (χ2n) is 1.96. The van der Waals surface area contributed by atoms with E-state index in [1.165, 1.54) is 6.92 Å². The normalized spacial score (nSPS) is 12.8. The molecule has 0 unspecified atom stereocenters. The summed E-state index contributed by atoms with van der Waals surface area (Å²) < 4.78 is 0. The maximum atomic E-state index is 10.1. The standard InChI is InChI=1S/C7H7ClO4/c1-4(7(11)12)2-5(8)3-6(9)10/h2-3H,1H3,(H,9,10)(H,11,12)/p-2/b4-2-,5-3+. The minimum Gasteiger partial charge on any atom is -0.545 e. The monoisotopic (exact) mass is 188 g/mol. The van der Waals surface area contributed by atoms with E-state index in [9.17, 15) is 19.8 Å². The van der Waals surface area contributed by atoms with E-state index in [0.29, 0.717) is 6.08 Å². The second kappa shape index (κ2) is 4.56. The highest BCUT2D eigenvalue weighted by molar-refractivity contribution is 6.32. The predicted octanol–water partition coefficient (Wildman–Crippen LogP) is -1.44. The van der Waals surface area contributed by atoms with Crippen LogP contribution in [-0.2, 0) is 9.59 Å². The van der Waals surface area contributed by atoms with Crippen molar-refractivity contribution >= 4 is 23.5 Å². The number of carbonyl (C=O) groups excluding carboxylic acids is 2. The zero-order valence-electron chi connectivity index (χ0n) is 6.17. The van der Waals surface area contributed by atoms with E-state index in [2.05, 4.69) is 0 Å². The van der Waals surface area contributed by atoms with Crippen molar-refractivity contribution in [1.29, 1.82) is 0 Å². The van der Waals surface area contributed by atoms with Gasteiger partial charge in [-0.1, -0.05) is 11.6 Å². The molecule has 0 heterocycles. The largest absolute Gasteiger partial charge is 0.545 e. The molecule has 0 N–H and O–H groups in total. The van der Waals surface area contributed by atoms with Gasteiger partial charge in [-0.3, -0.25) is 0 Å². The van der Waals surface area contributed by atoms with Crippen molar-refractivity contribution in [3.63, 3.8) is 0 Å². The first-order valence-electron chi connectivity index (χ1n) is 2.91. The molecule has 12 heavy (non-hydrogen) atoms. The van der Waals surface area contributed by atoms with Crippen LogP contribution in [0.15, 0.2) is 22.8 Å². The van der Waals surface area contributed by atoms with Gasteiger partial charge in [-0.05, 0) is 24.6 Å². The summed E-state index contributed by atoms with van der Waals surface area (Å²) in [5.41, 5.74) is -0.155. The molecule has 0 spiro atoms. The summed E-state index contributed by atoms with van der Waals surface area (Å²) in [6.45, 7) is 1.24. The van der Waals surface area contributed by atoms with Crippen LogP contribution < -0.4 is 10.2 Å². The number of allylic oxidation sites excluding steroid dienone is 2. The topological polar surface area (TPSA) is 80.3 Å². The molecule has 0 saturated carbocycles. The highest BCUT2D eigenvalue weighted by Crippen LogP contribution is 2.05. The van der Waals surface area contributed by atoms with Crippen LogP contribution in [0.25, 0.3) is 0 Å². The number of carboxylic acid groups (broad SMARTS) is 2. The summed E-state index contributed by atoms with van der Waals surface area (Å²) in [7, 11) is 0. The molecule has 0 aliphatic carbocycles. The van der Waals surface area contributed by atoms with Gasteiger partial charge < -0.3 is 19.8 Å². The van der Waals surface area contributed by atoms with Crippen molar-refractivity contribution in [1.82, 2.24) is 0 Å². The summed E-state index contributed by atoms with van der Waals surface area (Å²) in [5.74, 6) is -2.89. The molecule has 0 aliphatic rings. The lowest BCUT2D eigenvalue weighted by Crippen LogP contribution is -2.23. The summed E-state index contributed by atoms with van der Waals surface area (Å²) >= 11 is 5.29. The Morgan fingerprint density at radius 1 is 1.25 bits per heavy atom. The first-order valence-corrected chi connectivity index (χ1v) is 3.29. The zero-order chi connectivity index (χ0) is 9.72. The van der Waals surface area contributed by atoms with Crippen LogP contribution in [0.4, 0.5) is 0 Å². The molecule has 0 aliphatic heterocycles. The Labute approximate surface area is 73.8 Å². The molecule has 0 atom stereocenters. The summed E-state index contributed by atoms with van der Waals surface area (Å²) in [6.07, 6.45) is 1.54. The van der Waals surface area contributed by atoms with E-state index in [0.717, 1.165) is 6.08 Å². The van der Waals surface area contributed by atoms with E-state index < -0.39 is 11.9 Å². The van der Waals surface area contributed by atoms with E-state index in [4.69, 9.17) is 11.6 Å². The fourth-order valence-electron chi connectivity index (χ4n) is 0.420. The van der Waals surface area contributed by atoms with Crippen molar-refractivity contribution in [3.05, 3.63) is 22.8 Å². The average molecular weight is 189 g/mol. The highest BCUT2D eigenvalue weighted by Gasteiger charge is 1.91. The highest BCUT2D eigenvalue weighted by atomic mass is 35.5. The Morgan fingerprint density at radius 3 is 2.08 bits per heavy atom. The van der Waals surface area contributed by atoms with Gasteiger partial charge in [0.1, 0.15) is 0 Å². The Kier molecular flexibility index (Phi) is 4.07. The number of hydrogen-bond donors (Lipinski definition) is 0. The van der Waals surface area contributed by atoms with Crippen LogP contribution in [0.1, 0.15) is 6.92 Å². The van der Waals surface area contributed by atoms with Gasteiger partial charge in [0.2, 0.25) is 0 Å². The van der Waals surface area contributed by atoms with E-state index in [1.54, 1.807) is 0 Å². The summed E-state index contributed by atoms with van der Waals surface area (Å²) in [4.78, 5) is 20.0. The summed E-state index contributed by atoms with van der Waals surface area (Å²) in [6, 6.07) is 0. The van der Waals surface area contributed by atoms with Crippen molar-refractivity contribution in [2.24, 2.45) is 0 Å². The SMILES string of the molecule is C/C(=C/C(Cl)=C\C(=O)[O-])C(=O)[O-]. The zero-order valence-corrected chi connectivity index (χ0v) is 6.92. The molecule has 0 fully saturated rings. The molecule has 0 rings (SSSR count). The van der Waals surface area contributed by atoms with Crippen LogP contribution in [0.3, 0.4) is 0 Å². The minimum absolute atomic E-state index is 0.155. The van der Waals surface area contributed by atoms with Crippen LogP contribution in [-0.4, -0.2) is 11.9 Å². The number of rotatable bonds is 3. The molecule has 0 aromatic rings. The van der Waals surface area contributed by atoms with Gasteiger partial charge in [-0.15, -0.1) is 0 Å². The maximum Gasteiger partial charge on any atom is 0.0672 e. The third-order valence-corrected chi connectivity index (χ3v) is 1.15. The van der Waals surface area contributed by atoms with Gasteiger partial charge in [0.25, 0.3) is 0 Å². The van der Waals surface area contributed by atoms with Gasteiger partial charge in [0.15, 0.2) is 0 Å². The lowest BCUT2D eigenvalue weighted by Gasteiger charge is -2.00. The number of aliphatic carboxylic acids is 2. The average Bonchev–Trinajstić information content (AvgIpc) is 1.84. The van der Waals surface area contributed by atoms with Crippen LogP contribution in [0.2, 0.25) is 0 Å². The number of hydrogen-bond acceptors (Lipinski definition) is 4. The number of carbonyl (C=O) groups is 2. The predicted molar refractivity (Wildman–Crippen MR) is 37.7 cm³/mol. The second-order valence-corrected chi connectivity index (χ2v) is 2.40. The van der Waals surface area contributed by atoms with E-state index in [1.807, 2.05) is 0 Å². The van der Waals surface area contributed by atoms with Gasteiger partial charge >= 0.3 is 0 Å². The van der Waals surface area contributed by atoms with Crippen molar-refractivity contribution in [2.45, 2.75) is 6.92 Å². The molecule has 66 valence electrons. The Hall–Kier alpha value is -1.29. The third kappa shape index (κ3) is 4.51. The van der Waals surface area contributed by atoms with E-state index >= 15 is 0 Å². The van der Waals surface area contributed by atoms with Crippen molar-refractivity contribution < 1.29 is 19.8 Å². The number of halogens is 1. The van der Waals surface area contributed by atoms with E-state index in [-0.39, 0.29) is 10.6 Å². The van der Waals surface area contributed by atoms with Crippen LogP contribution in [0.5, 0.6) is 0 Å². The molecule has 0 radical (unpaired) electrons. The Morgan fingerprint density at radius 2 is 1.75 bits per heavy atom. The van der Waals surface area contributed by atoms with Crippen LogP contribution in [0, 0.1) is 0 Å². The maximum absolute atomic E-state index is 10.1. The minimum atomic E-state index is -1.48. The van der Waals surface area contributed by atoms with Crippen LogP contribution >= 0.6 is 11.6 Å². The quantitative estimate of drug-likeness (QED) is 0.401. The van der Waals surface area contributed by atoms with Gasteiger partial charge in [0.05, 0.1) is 11.9 Å². The molecule has 0 bridgehead atoms. The molecule has 0 aromatic heterocycles. The lowest BCUT2D eigenvalue weighted by atomic mass is 10.3. The molecular formula is C7H5ClO4-2. The molecule has 0 aromatic carbocycles. The molecule has 4 nitrogen and oxygen atoms in total. The first kappa shape index (κ1) is 10.7. The molecule has 0 amide bonds. The van der Waals surface area contributed by atoms with Gasteiger partial charge in [-0.2, -0.15) is 0 Å². The molecule has 5 heteroatoms. The fraction of sp³-hybridized carbons (Fsp3) is 0.143. The first-order chi connectivity index (χ1) is 5.43. The van der Waals surface area contributed by atoms with Crippen molar-refractivity contribution in [3.8, 4) is 0 Å². The molecular weight excluding hydrogens is 184 g/mol. The lowest BCUT2D eigenvalue weighted by molar-refractivity contribution is -0.300. The summed E-state index contributed by atoms with van der Waals surface area (Å²) in [5, 5.41) is 19.8. The van der Waals surface area contributed by atoms with Gasteiger partial charge in [-0.25, -0.2) is 0 Å². The van der Waals surface area contributed by atoms with Gasteiger partial charge in [0, 0.05) is 5.03 Å². The Bertz CT molecular complexity index is 265. The number of carboxylic acids is 2. The fourth-order valence-corrected chi connectivity index (χ4v) is 0.673. The smallest absolute Gasteiger partial charge is 0.0672 e. The van der Waals surface area contributed by atoms with Crippen molar-refractivity contribution in [2.75, 3.05) is 0 Å². The third-order valence-electron chi connectivity index (χ3n) is 0.932. The molecule has 0 saturated heterocycles.